The third-order valence-corrected chi connectivity index (χ3v) is 4.10. The highest BCUT2D eigenvalue weighted by Gasteiger charge is 2.42. The molecule has 1 aliphatic rings. The lowest BCUT2D eigenvalue weighted by molar-refractivity contribution is -0.152. The van der Waals surface area contributed by atoms with Gasteiger partial charge in [0.1, 0.15) is 4.60 Å². The van der Waals surface area contributed by atoms with Gasteiger partial charge in [0.15, 0.2) is 0 Å². The molecule has 0 spiro atoms. The molecular formula is C13H16BrNO3. The van der Waals surface area contributed by atoms with E-state index in [9.17, 15) is 15.0 Å². The highest BCUT2D eigenvalue weighted by atomic mass is 79.9. The molecule has 0 radical (unpaired) electrons. The Morgan fingerprint density at radius 3 is 2.67 bits per heavy atom. The smallest absolute Gasteiger partial charge is 0.310 e. The number of nitrogens with zero attached hydrogens (tertiary/aromatic N) is 1. The molecule has 1 aromatic rings. The molecule has 0 amide bonds. The summed E-state index contributed by atoms with van der Waals surface area (Å²) >= 11 is 3.29. The Labute approximate surface area is 114 Å². The molecule has 1 saturated carbocycles. The van der Waals surface area contributed by atoms with Gasteiger partial charge < -0.3 is 10.2 Å². The summed E-state index contributed by atoms with van der Waals surface area (Å²) in [5.41, 5.74) is 0.00990. The molecule has 0 atom stereocenters. The van der Waals surface area contributed by atoms with E-state index in [1.165, 1.54) is 0 Å². The highest BCUT2D eigenvalue weighted by molar-refractivity contribution is 9.10. The van der Waals surface area contributed by atoms with E-state index in [2.05, 4.69) is 20.9 Å². The van der Waals surface area contributed by atoms with Gasteiger partial charge in [0.05, 0.1) is 11.5 Å². The molecule has 0 saturated heterocycles. The normalized spacial score (nSPS) is 28.0. The molecule has 2 N–H and O–H groups in total. The quantitative estimate of drug-likeness (QED) is 0.841. The highest BCUT2D eigenvalue weighted by Crippen LogP contribution is 2.39. The number of carboxylic acid groups (broad SMARTS) is 1. The van der Waals surface area contributed by atoms with E-state index in [4.69, 9.17) is 0 Å². The van der Waals surface area contributed by atoms with E-state index in [0.717, 1.165) is 10.3 Å². The van der Waals surface area contributed by atoms with Gasteiger partial charge >= 0.3 is 5.97 Å². The molecule has 1 heterocycles. The van der Waals surface area contributed by atoms with Gasteiger partial charge in [-0.15, -0.1) is 0 Å². The Hall–Kier alpha value is -0.940. The summed E-state index contributed by atoms with van der Waals surface area (Å²) in [7, 11) is 0. The maximum atomic E-state index is 11.6. The number of carboxylic acids is 1. The van der Waals surface area contributed by atoms with Gasteiger partial charge in [-0.2, -0.15) is 0 Å². The molecule has 0 aromatic carbocycles. The lowest BCUT2D eigenvalue weighted by atomic mass is 9.70. The summed E-state index contributed by atoms with van der Waals surface area (Å²) in [5.74, 6) is -0.781. The first-order chi connectivity index (χ1) is 8.52. The predicted molar refractivity (Wildman–Crippen MR) is 70.2 cm³/mol. The molecule has 18 heavy (non-hydrogen) atoms. The zero-order valence-corrected chi connectivity index (χ0v) is 11.6. The molecular weight excluding hydrogens is 298 g/mol. The summed E-state index contributed by atoms with van der Waals surface area (Å²) in [6.07, 6.45) is 2.21. The van der Waals surface area contributed by atoms with Crippen molar-refractivity contribution in [3.63, 3.8) is 0 Å². The first-order valence-corrected chi connectivity index (χ1v) is 6.84. The van der Waals surface area contributed by atoms with E-state index in [0.29, 0.717) is 32.1 Å². The van der Waals surface area contributed by atoms with Crippen LogP contribution in [-0.2, 0) is 11.2 Å². The van der Waals surface area contributed by atoms with Gasteiger partial charge in [-0.25, -0.2) is 4.98 Å². The molecule has 98 valence electrons. The Balaban J connectivity index is 2.19. The average Bonchev–Trinajstić information content (AvgIpc) is 2.32. The van der Waals surface area contributed by atoms with Gasteiger partial charge in [0, 0.05) is 12.1 Å². The van der Waals surface area contributed by atoms with Crippen LogP contribution in [0.1, 0.15) is 31.4 Å². The molecule has 1 aromatic heterocycles. The third-order valence-electron chi connectivity index (χ3n) is 3.66. The molecule has 2 rings (SSSR count). The van der Waals surface area contributed by atoms with Gasteiger partial charge in [-0.1, -0.05) is 6.07 Å². The number of hydrogen-bond donors (Lipinski definition) is 2. The Morgan fingerprint density at radius 2 is 2.11 bits per heavy atom. The average molecular weight is 314 g/mol. The Bertz CT molecular complexity index is 442. The van der Waals surface area contributed by atoms with E-state index in [1.54, 1.807) is 0 Å². The van der Waals surface area contributed by atoms with Crippen LogP contribution in [0.25, 0.3) is 0 Å². The van der Waals surface area contributed by atoms with Crippen LogP contribution < -0.4 is 0 Å². The second kappa shape index (κ2) is 5.36. The van der Waals surface area contributed by atoms with E-state index in [-0.39, 0.29) is 6.10 Å². The zero-order valence-electron chi connectivity index (χ0n) is 9.97. The van der Waals surface area contributed by atoms with Crippen molar-refractivity contribution < 1.29 is 15.0 Å². The van der Waals surface area contributed by atoms with Crippen LogP contribution in [-0.4, -0.2) is 27.3 Å². The SMILES string of the molecule is O=C(O)C1(Cc2cccc(Br)n2)CCC(O)CC1. The number of halogens is 1. The molecule has 0 unspecified atom stereocenters. The number of carbonyl (C=O) groups is 1. The van der Waals surface area contributed by atoms with Gasteiger partial charge in [0.25, 0.3) is 0 Å². The third kappa shape index (κ3) is 2.90. The predicted octanol–water partition coefficient (Wildman–Crippen LogP) is 2.39. The van der Waals surface area contributed by atoms with Gasteiger partial charge in [0.2, 0.25) is 0 Å². The largest absolute Gasteiger partial charge is 0.481 e. The number of rotatable bonds is 3. The van der Waals surface area contributed by atoms with Crippen molar-refractivity contribution in [1.29, 1.82) is 0 Å². The second-order valence-corrected chi connectivity index (χ2v) is 5.76. The number of pyridine rings is 1. The number of aliphatic carboxylic acids is 1. The van der Waals surface area contributed by atoms with Crippen LogP contribution in [0.5, 0.6) is 0 Å². The number of hydrogen-bond acceptors (Lipinski definition) is 3. The zero-order chi connectivity index (χ0) is 13.2. The van der Waals surface area contributed by atoms with Crippen molar-refractivity contribution in [2.24, 2.45) is 5.41 Å². The second-order valence-electron chi connectivity index (χ2n) is 4.95. The van der Waals surface area contributed by atoms with Crippen molar-refractivity contribution in [2.75, 3.05) is 0 Å². The molecule has 5 heteroatoms. The lowest BCUT2D eigenvalue weighted by Crippen LogP contribution is -2.38. The lowest BCUT2D eigenvalue weighted by Gasteiger charge is -2.35. The minimum atomic E-state index is -0.781. The Kier molecular flexibility index (Phi) is 4.02. The molecule has 0 aliphatic heterocycles. The maximum absolute atomic E-state index is 11.6. The summed E-state index contributed by atoms with van der Waals surface area (Å²) in [6.45, 7) is 0. The first kappa shape index (κ1) is 13.5. The number of aliphatic hydroxyl groups excluding tert-OH is 1. The van der Waals surface area contributed by atoms with E-state index < -0.39 is 11.4 Å². The first-order valence-electron chi connectivity index (χ1n) is 6.05. The summed E-state index contributed by atoms with van der Waals surface area (Å²) < 4.78 is 0.719. The molecule has 1 aliphatic carbocycles. The molecule has 0 bridgehead atoms. The fourth-order valence-corrected chi connectivity index (χ4v) is 2.90. The van der Waals surface area contributed by atoms with Crippen molar-refractivity contribution in [2.45, 2.75) is 38.2 Å². The van der Waals surface area contributed by atoms with Crippen LogP contribution in [0.15, 0.2) is 22.8 Å². The fraction of sp³-hybridized carbons (Fsp3) is 0.538. The molecule has 4 nitrogen and oxygen atoms in total. The van der Waals surface area contributed by atoms with Crippen LogP contribution in [0.4, 0.5) is 0 Å². The monoisotopic (exact) mass is 313 g/mol. The van der Waals surface area contributed by atoms with Crippen LogP contribution >= 0.6 is 15.9 Å². The van der Waals surface area contributed by atoms with Gasteiger partial charge in [-0.05, 0) is 53.7 Å². The summed E-state index contributed by atoms with van der Waals surface area (Å²) in [5, 5.41) is 19.0. The van der Waals surface area contributed by atoms with Crippen LogP contribution in [0.2, 0.25) is 0 Å². The van der Waals surface area contributed by atoms with E-state index >= 15 is 0 Å². The Morgan fingerprint density at radius 1 is 1.44 bits per heavy atom. The van der Waals surface area contributed by atoms with Crippen molar-refractivity contribution in [3.05, 3.63) is 28.5 Å². The van der Waals surface area contributed by atoms with Crippen molar-refractivity contribution >= 4 is 21.9 Å². The minimum Gasteiger partial charge on any atom is -0.481 e. The van der Waals surface area contributed by atoms with Crippen molar-refractivity contribution in [3.8, 4) is 0 Å². The van der Waals surface area contributed by atoms with Crippen LogP contribution in [0.3, 0.4) is 0 Å². The number of aromatic nitrogens is 1. The minimum absolute atomic E-state index is 0.354. The standard InChI is InChI=1S/C13H16BrNO3/c14-11-3-1-2-9(15-11)8-13(12(17)18)6-4-10(16)5-7-13/h1-3,10,16H,4-8H2,(H,17,18). The summed E-state index contributed by atoms with van der Waals surface area (Å²) in [6, 6.07) is 5.53. The maximum Gasteiger partial charge on any atom is 0.310 e. The van der Waals surface area contributed by atoms with E-state index in [1.807, 2.05) is 18.2 Å². The fourth-order valence-electron chi connectivity index (χ4n) is 2.52. The topological polar surface area (TPSA) is 70.4 Å². The molecule has 1 fully saturated rings. The van der Waals surface area contributed by atoms with Crippen LogP contribution in [0, 0.1) is 5.41 Å². The number of aliphatic hydroxyl groups is 1. The summed E-state index contributed by atoms with van der Waals surface area (Å²) in [4.78, 5) is 15.9. The van der Waals surface area contributed by atoms with Gasteiger partial charge in [-0.3, -0.25) is 4.79 Å². The van der Waals surface area contributed by atoms with Crippen molar-refractivity contribution in [1.82, 2.24) is 4.98 Å².